The molecule has 1 fully saturated rings. The van der Waals surface area contributed by atoms with Crippen LogP contribution in [-0.4, -0.2) is 29.1 Å². The lowest BCUT2D eigenvalue weighted by atomic mass is 9.81. The number of ether oxygens (including phenoxy) is 2. The molecule has 2 N–H and O–H groups in total. The number of carboxylic acid groups (broad SMARTS) is 1. The predicted molar refractivity (Wildman–Crippen MR) is 119 cm³/mol. The van der Waals surface area contributed by atoms with E-state index in [4.69, 9.17) is 37.8 Å². The molecular weight excluding hydrogens is 441 g/mol. The topological polar surface area (TPSA) is 84.9 Å². The van der Waals surface area contributed by atoms with Crippen molar-refractivity contribution in [2.45, 2.75) is 51.4 Å². The van der Waals surface area contributed by atoms with E-state index in [0.717, 1.165) is 11.1 Å². The molecule has 0 aliphatic carbocycles. The van der Waals surface area contributed by atoms with Gasteiger partial charge >= 0.3 is 5.97 Å². The van der Waals surface area contributed by atoms with E-state index >= 15 is 0 Å². The van der Waals surface area contributed by atoms with Crippen molar-refractivity contribution in [2.75, 3.05) is 6.61 Å². The van der Waals surface area contributed by atoms with Crippen LogP contribution >= 0.6 is 23.2 Å². The van der Waals surface area contributed by atoms with Gasteiger partial charge < -0.3 is 19.9 Å². The number of rotatable bonds is 6. The predicted octanol–water partition coefficient (Wildman–Crippen LogP) is 5.25. The number of benzene rings is 2. The Labute approximate surface area is 191 Å². The fourth-order valence-corrected chi connectivity index (χ4v) is 4.26. The Morgan fingerprint density at radius 2 is 1.84 bits per heavy atom. The minimum Gasteiger partial charge on any atom is -0.482 e. The number of hydrogen-bond donors (Lipinski definition) is 2. The SMILES string of the molecule is CC(=O)N[C@]1(C)C[C@@H](c2ccc(Cl)cc2)O[C@@H](c2cc(Cl)c(C)cc2OCC(=O)O)C1. The van der Waals surface area contributed by atoms with Crippen molar-refractivity contribution in [3.63, 3.8) is 0 Å². The molecule has 0 radical (unpaired) electrons. The lowest BCUT2D eigenvalue weighted by Gasteiger charge is -2.43. The molecule has 1 heterocycles. The molecule has 1 aliphatic heterocycles. The Hall–Kier alpha value is -2.28. The number of halogens is 2. The van der Waals surface area contributed by atoms with Crippen LogP contribution < -0.4 is 10.1 Å². The van der Waals surface area contributed by atoms with Crippen LogP contribution in [0.1, 0.15) is 55.6 Å². The Kier molecular flexibility index (Phi) is 7.14. The molecule has 0 bridgehead atoms. The molecular formula is C23H25Cl2NO5. The average molecular weight is 466 g/mol. The number of carbonyl (C=O) groups is 2. The second-order valence-electron chi connectivity index (χ2n) is 8.14. The minimum atomic E-state index is -1.08. The van der Waals surface area contributed by atoms with Gasteiger partial charge in [-0.25, -0.2) is 4.79 Å². The monoisotopic (exact) mass is 465 g/mol. The van der Waals surface area contributed by atoms with Gasteiger partial charge in [0.05, 0.1) is 12.2 Å². The van der Waals surface area contributed by atoms with Crippen molar-refractivity contribution in [2.24, 2.45) is 0 Å². The van der Waals surface area contributed by atoms with Gasteiger partial charge in [0.25, 0.3) is 0 Å². The summed E-state index contributed by atoms with van der Waals surface area (Å²) in [5.74, 6) is -0.816. The summed E-state index contributed by atoms with van der Waals surface area (Å²) in [5, 5.41) is 13.3. The van der Waals surface area contributed by atoms with Crippen molar-refractivity contribution in [1.82, 2.24) is 5.32 Å². The molecule has 6 nitrogen and oxygen atoms in total. The number of amides is 1. The van der Waals surface area contributed by atoms with Gasteiger partial charge in [0.2, 0.25) is 5.91 Å². The highest BCUT2D eigenvalue weighted by atomic mass is 35.5. The van der Waals surface area contributed by atoms with Crippen LogP contribution in [0.4, 0.5) is 0 Å². The van der Waals surface area contributed by atoms with Gasteiger partial charge in [0, 0.05) is 40.9 Å². The zero-order valence-electron chi connectivity index (χ0n) is 17.6. The number of hydrogen-bond acceptors (Lipinski definition) is 4. The second kappa shape index (κ2) is 9.47. The molecule has 0 spiro atoms. The zero-order chi connectivity index (χ0) is 22.8. The van der Waals surface area contributed by atoms with Crippen molar-refractivity contribution < 1.29 is 24.2 Å². The van der Waals surface area contributed by atoms with Crippen LogP contribution in [0.15, 0.2) is 36.4 Å². The molecule has 1 amide bonds. The molecule has 3 atom stereocenters. The molecule has 0 aromatic heterocycles. The number of nitrogens with one attached hydrogen (secondary N) is 1. The Morgan fingerprint density at radius 1 is 1.19 bits per heavy atom. The van der Waals surface area contributed by atoms with E-state index in [1.165, 1.54) is 6.92 Å². The molecule has 0 unspecified atom stereocenters. The van der Waals surface area contributed by atoms with Crippen LogP contribution in [0.2, 0.25) is 10.0 Å². The van der Waals surface area contributed by atoms with E-state index in [9.17, 15) is 9.59 Å². The highest BCUT2D eigenvalue weighted by Gasteiger charge is 2.41. The molecule has 166 valence electrons. The van der Waals surface area contributed by atoms with Gasteiger partial charge in [-0.3, -0.25) is 4.79 Å². The lowest BCUT2D eigenvalue weighted by Crippen LogP contribution is -2.50. The van der Waals surface area contributed by atoms with Crippen LogP contribution in [0.25, 0.3) is 0 Å². The maximum absolute atomic E-state index is 11.9. The zero-order valence-corrected chi connectivity index (χ0v) is 19.1. The minimum absolute atomic E-state index is 0.137. The van der Waals surface area contributed by atoms with E-state index < -0.39 is 24.2 Å². The Bertz CT molecular complexity index is 979. The molecule has 31 heavy (non-hydrogen) atoms. The van der Waals surface area contributed by atoms with Crippen molar-refractivity contribution in [1.29, 1.82) is 0 Å². The van der Waals surface area contributed by atoms with E-state index in [1.54, 1.807) is 24.3 Å². The standard InChI is InChI=1S/C23H25Cl2NO5/c1-13-8-19(30-12-22(28)29)17(9-18(13)25)21-11-23(3,26-14(2)27)10-20(31-21)15-4-6-16(24)7-5-15/h4-9,20-21H,10-12H2,1-3H3,(H,26,27)(H,28,29)/t20-,21+,23+/m0/s1. The van der Waals surface area contributed by atoms with E-state index in [-0.39, 0.29) is 12.0 Å². The van der Waals surface area contributed by atoms with Crippen LogP contribution in [0.5, 0.6) is 5.75 Å². The van der Waals surface area contributed by atoms with E-state index in [2.05, 4.69) is 5.32 Å². The summed E-state index contributed by atoms with van der Waals surface area (Å²) < 4.78 is 12.0. The number of carbonyl (C=O) groups excluding carboxylic acids is 1. The molecule has 8 heteroatoms. The van der Waals surface area contributed by atoms with Gasteiger partial charge in [-0.2, -0.15) is 0 Å². The number of carboxylic acids is 1. The highest BCUT2D eigenvalue weighted by Crippen LogP contribution is 2.46. The normalized spacial score (nSPS) is 23.3. The molecule has 1 aliphatic rings. The lowest BCUT2D eigenvalue weighted by molar-refractivity contribution is -0.139. The fraction of sp³-hybridized carbons (Fsp3) is 0.391. The quantitative estimate of drug-likeness (QED) is 0.607. The largest absolute Gasteiger partial charge is 0.482 e. The first-order valence-corrected chi connectivity index (χ1v) is 10.7. The van der Waals surface area contributed by atoms with Crippen molar-refractivity contribution in [3.8, 4) is 5.75 Å². The average Bonchev–Trinajstić information content (AvgIpc) is 2.67. The first kappa shape index (κ1) is 23.4. The van der Waals surface area contributed by atoms with E-state index in [0.29, 0.717) is 34.2 Å². The van der Waals surface area contributed by atoms with Gasteiger partial charge in [-0.15, -0.1) is 0 Å². The van der Waals surface area contributed by atoms with E-state index in [1.807, 2.05) is 26.0 Å². The van der Waals surface area contributed by atoms with Crippen LogP contribution in [-0.2, 0) is 14.3 Å². The molecule has 3 rings (SSSR count). The summed E-state index contributed by atoms with van der Waals surface area (Å²) in [6.45, 7) is 4.79. The smallest absolute Gasteiger partial charge is 0.341 e. The number of aryl methyl sites for hydroxylation is 1. The third-order valence-corrected chi connectivity index (χ3v) is 5.97. The maximum Gasteiger partial charge on any atom is 0.341 e. The third kappa shape index (κ3) is 5.91. The summed E-state index contributed by atoms with van der Waals surface area (Å²) >= 11 is 12.4. The van der Waals surface area contributed by atoms with Gasteiger partial charge in [-0.1, -0.05) is 35.3 Å². The fourth-order valence-electron chi connectivity index (χ4n) is 3.97. The number of aliphatic carboxylic acids is 1. The summed E-state index contributed by atoms with van der Waals surface area (Å²) in [4.78, 5) is 23.0. The summed E-state index contributed by atoms with van der Waals surface area (Å²) in [7, 11) is 0. The van der Waals surface area contributed by atoms with Gasteiger partial charge in [0.15, 0.2) is 6.61 Å². The van der Waals surface area contributed by atoms with Crippen molar-refractivity contribution >= 4 is 35.1 Å². The molecule has 2 aromatic rings. The third-order valence-electron chi connectivity index (χ3n) is 5.31. The Morgan fingerprint density at radius 3 is 2.45 bits per heavy atom. The maximum atomic E-state index is 11.9. The first-order chi connectivity index (χ1) is 14.6. The highest BCUT2D eigenvalue weighted by molar-refractivity contribution is 6.31. The molecule has 2 aromatic carbocycles. The summed E-state index contributed by atoms with van der Waals surface area (Å²) in [6, 6.07) is 10.8. The van der Waals surface area contributed by atoms with Gasteiger partial charge in [0.1, 0.15) is 5.75 Å². The van der Waals surface area contributed by atoms with Gasteiger partial charge in [-0.05, 0) is 49.2 Å². The van der Waals surface area contributed by atoms with Crippen LogP contribution in [0, 0.1) is 6.92 Å². The second-order valence-corrected chi connectivity index (χ2v) is 8.98. The first-order valence-electron chi connectivity index (χ1n) is 9.90. The summed E-state index contributed by atoms with van der Waals surface area (Å²) in [5.41, 5.74) is 1.78. The van der Waals surface area contributed by atoms with Crippen molar-refractivity contribution in [3.05, 3.63) is 63.1 Å². The van der Waals surface area contributed by atoms with Crippen LogP contribution in [0.3, 0.4) is 0 Å². The Balaban J connectivity index is 2.01. The molecule has 1 saturated heterocycles. The summed E-state index contributed by atoms with van der Waals surface area (Å²) in [6.07, 6.45) is 0.239. The molecule has 0 saturated carbocycles.